The zero-order valence-corrected chi connectivity index (χ0v) is 7.75. The summed E-state index contributed by atoms with van der Waals surface area (Å²) in [5, 5.41) is 8.56. The van der Waals surface area contributed by atoms with Gasteiger partial charge in [-0.15, -0.1) is 0 Å². The smallest absolute Gasteiger partial charge is 0.192 e. The highest BCUT2D eigenvalue weighted by atomic mass is 19.4. The van der Waals surface area contributed by atoms with E-state index in [1.54, 1.807) is 18.2 Å². The van der Waals surface area contributed by atoms with E-state index in [1.807, 2.05) is 6.07 Å². The number of hydrogen-bond donors (Lipinski definition) is 0. The van der Waals surface area contributed by atoms with Crippen molar-refractivity contribution in [3.8, 4) is 6.07 Å². The van der Waals surface area contributed by atoms with Crippen LogP contribution in [0.3, 0.4) is 0 Å². The Morgan fingerprint density at radius 3 is 2.67 bits per heavy atom. The Kier molecular flexibility index (Phi) is 3.51. The van der Waals surface area contributed by atoms with Crippen molar-refractivity contribution < 1.29 is 13.2 Å². The number of hydrogen-bond acceptors (Lipinski definition) is 1. The van der Waals surface area contributed by atoms with E-state index in [1.165, 1.54) is 12.1 Å². The molecule has 1 nitrogen and oxygen atoms in total. The van der Waals surface area contributed by atoms with E-state index in [0.29, 0.717) is 11.1 Å². The van der Waals surface area contributed by atoms with Gasteiger partial charge < -0.3 is 0 Å². The fourth-order valence-corrected chi connectivity index (χ4v) is 1.04. The van der Waals surface area contributed by atoms with Crippen LogP contribution in [0.5, 0.6) is 0 Å². The number of benzene rings is 1. The molecule has 0 unspecified atom stereocenters. The molecule has 0 aliphatic rings. The third-order valence-corrected chi connectivity index (χ3v) is 1.68. The van der Waals surface area contributed by atoms with Crippen molar-refractivity contribution in [1.29, 1.82) is 5.26 Å². The average molecular weight is 211 g/mol. The normalized spacial score (nSPS) is 11.6. The molecule has 0 bridgehead atoms. The molecule has 78 valence electrons. The molecule has 4 heteroatoms. The van der Waals surface area contributed by atoms with Crippen molar-refractivity contribution in [2.75, 3.05) is 0 Å². The summed E-state index contributed by atoms with van der Waals surface area (Å²) in [5.74, 6) is 0. The minimum Gasteiger partial charge on any atom is -0.192 e. The van der Waals surface area contributed by atoms with E-state index in [4.69, 9.17) is 5.26 Å². The average Bonchev–Trinajstić information content (AvgIpc) is 2.16. The fraction of sp³-hybridized carbons (Fsp3) is 0.182. The highest BCUT2D eigenvalue weighted by Crippen LogP contribution is 2.20. The van der Waals surface area contributed by atoms with Gasteiger partial charge in [-0.1, -0.05) is 24.3 Å². The van der Waals surface area contributed by atoms with Crippen LogP contribution in [0.25, 0.3) is 6.08 Å². The molecule has 0 radical (unpaired) electrons. The molecule has 0 aliphatic heterocycles. The molecule has 0 aromatic heterocycles. The Morgan fingerprint density at radius 2 is 2.07 bits per heavy atom. The largest absolute Gasteiger partial charge is 0.392 e. The summed E-state index contributed by atoms with van der Waals surface area (Å²) < 4.78 is 35.4. The Morgan fingerprint density at radius 1 is 1.33 bits per heavy atom. The standard InChI is InChI=1S/C11H8F3N/c12-11(13,14)6-2-5-9-3-1-4-10(7-9)8-15/h1-5,7H,6H2. The van der Waals surface area contributed by atoms with Crippen molar-refractivity contribution in [2.45, 2.75) is 12.6 Å². The van der Waals surface area contributed by atoms with Crippen LogP contribution in [0.1, 0.15) is 17.5 Å². The number of halogens is 3. The van der Waals surface area contributed by atoms with Crippen LogP contribution in [0.2, 0.25) is 0 Å². The van der Waals surface area contributed by atoms with Crippen LogP contribution in [0.15, 0.2) is 30.3 Å². The van der Waals surface area contributed by atoms with E-state index >= 15 is 0 Å². The maximum Gasteiger partial charge on any atom is 0.392 e. The van der Waals surface area contributed by atoms with Gasteiger partial charge in [-0.25, -0.2) is 0 Å². The molecule has 0 N–H and O–H groups in total. The SMILES string of the molecule is N#Cc1cccc(C=CCC(F)(F)F)c1. The van der Waals surface area contributed by atoms with Gasteiger partial charge in [-0.3, -0.25) is 0 Å². The lowest BCUT2D eigenvalue weighted by atomic mass is 10.1. The lowest BCUT2D eigenvalue weighted by Crippen LogP contribution is -2.03. The molecular formula is C11H8F3N. The second-order valence-electron chi connectivity index (χ2n) is 2.96. The third kappa shape index (κ3) is 4.32. The summed E-state index contributed by atoms with van der Waals surface area (Å²) in [6.45, 7) is 0. The van der Waals surface area contributed by atoms with Crippen LogP contribution in [-0.4, -0.2) is 6.18 Å². The van der Waals surface area contributed by atoms with Crippen LogP contribution in [0, 0.1) is 11.3 Å². The van der Waals surface area contributed by atoms with E-state index in [0.717, 1.165) is 6.08 Å². The molecule has 0 fully saturated rings. The van der Waals surface area contributed by atoms with Gasteiger partial charge in [-0.2, -0.15) is 18.4 Å². The minimum atomic E-state index is -4.18. The summed E-state index contributed by atoms with van der Waals surface area (Å²) in [5.41, 5.74) is 1.03. The van der Waals surface area contributed by atoms with E-state index in [9.17, 15) is 13.2 Å². The summed E-state index contributed by atoms with van der Waals surface area (Å²) in [6.07, 6.45) is -2.74. The molecule has 0 spiro atoms. The van der Waals surface area contributed by atoms with Gasteiger partial charge >= 0.3 is 6.18 Å². The monoisotopic (exact) mass is 211 g/mol. The van der Waals surface area contributed by atoms with Gasteiger partial charge in [-0.05, 0) is 17.7 Å². The maximum absolute atomic E-state index is 11.8. The van der Waals surface area contributed by atoms with E-state index < -0.39 is 12.6 Å². The molecule has 0 saturated carbocycles. The van der Waals surface area contributed by atoms with Gasteiger partial charge in [0.25, 0.3) is 0 Å². The Bertz CT molecular complexity index is 399. The Balaban J connectivity index is 2.69. The molecule has 0 saturated heterocycles. The molecule has 1 rings (SSSR count). The van der Waals surface area contributed by atoms with Crippen LogP contribution in [-0.2, 0) is 0 Å². The quantitative estimate of drug-likeness (QED) is 0.734. The predicted molar refractivity (Wildman–Crippen MR) is 50.9 cm³/mol. The van der Waals surface area contributed by atoms with Crippen molar-refractivity contribution >= 4 is 6.08 Å². The Hall–Kier alpha value is -1.76. The minimum absolute atomic E-state index is 0.434. The highest BCUT2D eigenvalue weighted by Gasteiger charge is 2.24. The van der Waals surface area contributed by atoms with Crippen molar-refractivity contribution in [3.05, 3.63) is 41.5 Å². The zero-order valence-electron chi connectivity index (χ0n) is 7.75. The molecule has 1 aromatic carbocycles. The second kappa shape index (κ2) is 4.65. The summed E-state index contributed by atoms with van der Waals surface area (Å²) in [4.78, 5) is 0. The topological polar surface area (TPSA) is 23.8 Å². The number of allylic oxidation sites excluding steroid dienone is 1. The van der Waals surface area contributed by atoms with Crippen LogP contribution < -0.4 is 0 Å². The van der Waals surface area contributed by atoms with Crippen LogP contribution in [0.4, 0.5) is 13.2 Å². The molecule has 1 aromatic rings. The summed E-state index contributed by atoms with van der Waals surface area (Å²) in [7, 11) is 0. The maximum atomic E-state index is 11.8. The molecule has 0 atom stereocenters. The first-order chi connectivity index (χ1) is 7.01. The van der Waals surface area contributed by atoms with Gasteiger partial charge in [0, 0.05) is 0 Å². The number of nitrogens with zero attached hydrogens (tertiary/aromatic N) is 1. The number of rotatable bonds is 2. The summed E-state index contributed by atoms with van der Waals surface area (Å²) in [6, 6.07) is 8.33. The fourth-order valence-electron chi connectivity index (χ4n) is 1.04. The van der Waals surface area contributed by atoms with E-state index in [-0.39, 0.29) is 0 Å². The molecule has 15 heavy (non-hydrogen) atoms. The predicted octanol–water partition coefficient (Wildman–Crippen LogP) is 3.52. The third-order valence-electron chi connectivity index (χ3n) is 1.68. The summed E-state index contributed by atoms with van der Waals surface area (Å²) >= 11 is 0. The molecule has 0 amide bonds. The van der Waals surface area contributed by atoms with Gasteiger partial charge in [0.15, 0.2) is 0 Å². The first-order valence-corrected chi connectivity index (χ1v) is 4.25. The van der Waals surface area contributed by atoms with Gasteiger partial charge in [0.1, 0.15) is 0 Å². The first kappa shape index (κ1) is 11.3. The second-order valence-corrected chi connectivity index (χ2v) is 2.96. The van der Waals surface area contributed by atoms with Gasteiger partial charge in [0.05, 0.1) is 18.1 Å². The van der Waals surface area contributed by atoms with Crippen molar-refractivity contribution in [1.82, 2.24) is 0 Å². The van der Waals surface area contributed by atoms with Crippen LogP contribution >= 0.6 is 0 Å². The lowest BCUT2D eigenvalue weighted by Gasteiger charge is -2.00. The van der Waals surface area contributed by atoms with E-state index in [2.05, 4.69) is 0 Å². The Labute approximate surface area is 85.5 Å². The van der Waals surface area contributed by atoms with Crippen molar-refractivity contribution in [2.24, 2.45) is 0 Å². The zero-order chi connectivity index (χ0) is 11.3. The lowest BCUT2D eigenvalue weighted by molar-refractivity contribution is -0.124. The van der Waals surface area contributed by atoms with Crippen molar-refractivity contribution in [3.63, 3.8) is 0 Å². The van der Waals surface area contributed by atoms with Gasteiger partial charge in [0.2, 0.25) is 0 Å². The number of alkyl halides is 3. The molecule has 0 heterocycles. The molecule has 0 aliphatic carbocycles. The number of nitriles is 1. The first-order valence-electron chi connectivity index (χ1n) is 4.25. The molecular weight excluding hydrogens is 203 g/mol. The highest BCUT2D eigenvalue weighted by molar-refractivity contribution is 5.52.